The first-order chi connectivity index (χ1) is 10.6. The first-order valence-corrected chi connectivity index (χ1v) is 8.41. The number of aryl methyl sites for hydroxylation is 1. The fraction of sp³-hybridized carbons (Fsp3) is 0.455. The molecule has 1 heteroatoms. The highest BCUT2D eigenvalue weighted by atomic mass is 16.5. The quantitative estimate of drug-likeness (QED) is 0.658. The van der Waals surface area contributed by atoms with Crippen LogP contribution >= 0.6 is 0 Å². The Morgan fingerprint density at radius 3 is 2.13 bits per heavy atom. The van der Waals surface area contributed by atoms with E-state index in [1.807, 2.05) is 6.07 Å². The van der Waals surface area contributed by atoms with Gasteiger partial charge in [0.25, 0.3) is 0 Å². The lowest BCUT2D eigenvalue weighted by atomic mass is 9.83. The molecule has 0 amide bonds. The van der Waals surface area contributed by atoms with Gasteiger partial charge in [0.1, 0.15) is 12.4 Å². The largest absolute Gasteiger partial charge is 0.489 e. The average Bonchev–Trinajstić information content (AvgIpc) is 2.44. The van der Waals surface area contributed by atoms with Gasteiger partial charge in [0.2, 0.25) is 0 Å². The van der Waals surface area contributed by atoms with E-state index in [0.29, 0.717) is 6.61 Å². The Kier molecular flexibility index (Phi) is 4.89. The summed E-state index contributed by atoms with van der Waals surface area (Å²) in [5.41, 5.74) is 5.50. The highest BCUT2D eigenvalue weighted by molar-refractivity contribution is 5.37. The molecular formula is C22H30O. The zero-order valence-corrected chi connectivity index (χ0v) is 15.7. The summed E-state index contributed by atoms with van der Waals surface area (Å²) in [5, 5.41) is 0. The van der Waals surface area contributed by atoms with E-state index in [1.54, 1.807) is 0 Å². The van der Waals surface area contributed by atoms with Crippen molar-refractivity contribution < 1.29 is 4.74 Å². The number of benzene rings is 2. The molecule has 0 aliphatic rings. The minimum absolute atomic E-state index is 0.123. The summed E-state index contributed by atoms with van der Waals surface area (Å²) in [6.45, 7) is 16.2. The molecule has 2 rings (SSSR count). The number of hydrogen-bond donors (Lipinski definition) is 0. The van der Waals surface area contributed by atoms with Crippen LogP contribution in [0.5, 0.6) is 5.75 Å². The van der Waals surface area contributed by atoms with Crippen LogP contribution in [0.4, 0.5) is 0 Å². The molecule has 0 fully saturated rings. The lowest BCUT2D eigenvalue weighted by Gasteiger charge is -2.24. The van der Waals surface area contributed by atoms with Gasteiger partial charge in [-0.1, -0.05) is 77.4 Å². The van der Waals surface area contributed by atoms with Gasteiger partial charge in [-0.2, -0.15) is 0 Å². The summed E-state index contributed by atoms with van der Waals surface area (Å²) in [6, 6.07) is 15.1. The molecule has 0 radical (unpaired) electrons. The van der Waals surface area contributed by atoms with E-state index >= 15 is 0 Å². The van der Waals surface area contributed by atoms with Gasteiger partial charge in [0.05, 0.1) is 0 Å². The monoisotopic (exact) mass is 310 g/mol. The van der Waals surface area contributed by atoms with Gasteiger partial charge in [0, 0.05) is 0 Å². The predicted octanol–water partition coefficient (Wildman–Crippen LogP) is 6.17. The summed E-state index contributed by atoms with van der Waals surface area (Å²) in [4.78, 5) is 0. The van der Waals surface area contributed by atoms with Crippen molar-refractivity contribution in [2.24, 2.45) is 0 Å². The summed E-state index contributed by atoms with van der Waals surface area (Å²) >= 11 is 0. The van der Waals surface area contributed by atoms with Crippen LogP contribution < -0.4 is 4.74 Å². The van der Waals surface area contributed by atoms with Crippen molar-refractivity contribution in [3.8, 4) is 5.75 Å². The van der Waals surface area contributed by atoms with Crippen LogP contribution in [0.2, 0.25) is 0 Å². The Labute approximate surface area is 141 Å². The van der Waals surface area contributed by atoms with Gasteiger partial charge in [-0.15, -0.1) is 0 Å². The highest BCUT2D eigenvalue weighted by Crippen LogP contribution is 2.29. The van der Waals surface area contributed by atoms with Gasteiger partial charge in [-0.3, -0.25) is 0 Å². The fourth-order valence-corrected chi connectivity index (χ4v) is 2.73. The first kappa shape index (κ1) is 17.6. The molecule has 2 aromatic carbocycles. The summed E-state index contributed by atoms with van der Waals surface area (Å²) < 4.78 is 6.10. The van der Waals surface area contributed by atoms with E-state index in [-0.39, 0.29) is 10.8 Å². The van der Waals surface area contributed by atoms with Crippen molar-refractivity contribution in [3.05, 3.63) is 64.7 Å². The third-order valence-electron chi connectivity index (χ3n) is 4.17. The third-order valence-corrected chi connectivity index (χ3v) is 4.17. The SMILES string of the molecule is Cc1ccc(COc2cccc(C(C)(C)C)c2)c(C(C)(C)C)c1. The standard InChI is InChI=1S/C22H30O/c1-16-11-12-17(20(13-16)22(5,6)7)15-23-19-10-8-9-18(14-19)21(2,3)4/h8-14H,15H2,1-7H3. The van der Waals surface area contributed by atoms with Crippen molar-refractivity contribution in [1.29, 1.82) is 0 Å². The molecule has 23 heavy (non-hydrogen) atoms. The molecule has 0 heterocycles. The molecule has 1 nitrogen and oxygen atoms in total. The molecule has 0 atom stereocenters. The lowest BCUT2D eigenvalue weighted by Crippen LogP contribution is -2.16. The molecular weight excluding hydrogens is 280 g/mol. The summed E-state index contributed by atoms with van der Waals surface area (Å²) in [7, 11) is 0. The van der Waals surface area contributed by atoms with Gasteiger partial charge < -0.3 is 4.74 Å². The van der Waals surface area contributed by atoms with Crippen LogP contribution in [0.1, 0.15) is 63.8 Å². The van der Waals surface area contributed by atoms with Crippen LogP contribution in [0.3, 0.4) is 0 Å². The highest BCUT2D eigenvalue weighted by Gasteiger charge is 2.19. The minimum atomic E-state index is 0.123. The molecule has 2 aromatic rings. The first-order valence-electron chi connectivity index (χ1n) is 8.41. The Morgan fingerprint density at radius 1 is 0.826 bits per heavy atom. The molecule has 0 unspecified atom stereocenters. The zero-order valence-electron chi connectivity index (χ0n) is 15.7. The average molecular weight is 310 g/mol. The number of ether oxygens (including phenoxy) is 1. The van der Waals surface area contributed by atoms with Gasteiger partial charge in [-0.05, 0) is 46.6 Å². The smallest absolute Gasteiger partial charge is 0.120 e. The Bertz CT molecular complexity index is 669. The normalized spacial score (nSPS) is 12.3. The maximum Gasteiger partial charge on any atom is 0.120 e. The Hall–Kier alpha value is -1.76. The van der Waals surface area contributed by atoms with Crippen LogP contribution in [0.25, 0.3) is 0 Å². The predicted molar refractivity (Wildman–Crippen MR) is 99.4 cm³/mol. The van der Waals surface area contributed by atoms with Crippen molar-refractivity contribution >= 4 is 0 Å². The van der Waals surface area contributed by atoms with Crippen LogP contribution in [-0.2, 0) is 17.4 Å². The molecule has 0 saturated heterocycles. The van der Waals surface area contributed by atoms with Crippen LogP contribution in [0, 0.1) is 6.92 Å². The summed E-state index contributed by atoms with van der Waals surface area (Å²) in [6.07, 6.45) is 0. The maximum absolute atomic E-state index is 6.10. The molecule has 0 aromatic heterocycles. The van der Waals surface area contributed by atoms with Crippen LogP contribution in [0.15, 0.2) is 42.5 Å². The molecule has 0 aliphatic heterocycles. The molecule has 0 aliphatic carbocycles. The van der Waals surface area contributed by atoms with E-state index in [2.05, 4.69) is 84.9 Å². The minimum Gasteiger partial charge on any atom is -0.489 e. The number of hydrogen-bond acceptors (Lipinski definition) is 1. The Morgan fingerprint density at radius 2 is 1.52 bits per heavy atom. The van der Waals surface area contributed by atoms with E-state index in [9.17, 15) is 0 Å². The van der Waals surface area contributed by atoms with Gasteiger partial charge in [-0.25, -0.2) is 0 Å². The van der Waals surface area contributed by atoms with Crippen molar-refractivity contribution in [3.63, 3.8) is 0 Å². The second-order valence-corrected chi connectivity index (χ2v) is 8.48. The van der Waals surface area contributed by atoms with E-state index in [0.717, 1.165) is 5.75 Å². The van der Waals surface area contributed by atoms with Crippen molar-refractivity contribution in [2.75, 3.05) is 0 Å². The maximum atomic E-state index is 6.10. The van der Waals surface area contributed by atoms with E-state index in [1.165, 1.54) is 22.3 Å². The van der Waals surface area contributed by atoms with Gasteiger partial charge >= 0.3 is 0 Å². The molecule has 0 spiro atoms. The van der Waals surface area contributed by atoms with Crippen LogP contribution in [-0.4, -0.2) is 0 Å². The van der Waals surface area contributed by atoms with Gasteiger partial charge in [0.15, 0.2) is 0 Å². The molecule has 0 N–H and O–H groups in total. The van der Waals surface area contributed by atoms with Crippen molar-refractivity contribution in [1.82, 2.24) is 0 Å². The molecule has 0 saturated carbocycles. The van der Waals surface area contributed by atoms with Crippen molar-refractivity contribution in [2.45, 2.75) is 65.9 Å². The lowest BCUT2D eigenvalue weighted by molar-refractivity contribution is 0.302. The Balaban J connectivity index is 2.22. The number of rotatable bonds is 3. The fourth-order valence-electron chi connectivity index (χ4n) is 2.73. The molecule has 124 valence electrons. The third kappa shape index (κ3) is 4.60. The second kappa shape index (κ2) is 6.39. The zero-order chi connectivity index (χ0) is 17.3. The second-order valence-electron chi connectivity index (χ2n) is 8.48. The summed E-state index contributed by atoms with van der Waals surface area (Å²) in [5.74, 6) is 0.942. The van der Waals surface area contributed by atoms with E-state index < -0.39 is 0 Å². The van der Waals surface area contributed by atoms with E-state index in [4.69, 9.17) is 4.74 Å². The molecule has 0 bridgehead atoms. The topological polar surface area (TPSA) is 9.23 Å².